The van der Waals surface area contributed by atoms with Gasteiger partial charge in [-0.1, -0.05) is 18.2 Å². The highest BCUT2D eigenvalue weighted by Crippen LogP contribution is 2.20. The van der Waals surface area contributed by atoms with Gasteiger partial charge in [0.15, 0.2) is 0 Å². The highest BCUT2D eigenvalue weighted by Gasteiger charge is 2.16. The molecule has 8 nitrogen and oxygen atoms in total. The van der Waals surface area contributed by atoms with E-state index in [4.69, 9.17) is 10.5 Å². The number of rotatable bonds is 6. The highest BCUT2D eigenvalue weighted by atomic mass is 16.5. The zero-order chi connectivity index (χ0) is 17.6. The molecule has 8 heteroatoms. The van der Waals surface area contributed by atoms with Gasteiger partial charge in [0.25, 0.3) is 0 Å². The van der Waals surface area contributed by atoms with Gasteiger partial charge in [0, 0.05) is 48.8 Å². The second-order valence-electron chi connectivity index (χ2n) is 6.06. The van der Waals surface area contributed by atoms with E-state index >= 15 is 0 Å². The van der Waals surface area contributed by atoms with E-state index in [9.17, 15) is 9.90 Å². The average Bonchev–Trinajstić information content (AvgIpc) is 2.93. The van der Waals surface area contributed by atoms with E-state index < -0.39 is 12.1 Å². The number of benzene rings is 1. The fraction of sp³-hybridized carbons (Fsp3) is 0.412. The van der Waals surface area contributed by atoms with Crippen molar-refractivity contribution >= 4 is 23.1 Å². The Morgan fingerprint density at radius 3 is 2.88 bits per heavy atom. The van der Waals surface area contributed by atoms with Gasteiger partial charge in [-0.3, -0.25) is 4.90 Å². The largest absolute Gasteiger partial charge is 0.390 e. The molecule has 1 saturated heterocycles. The first kappa shape index (κ1) is 17.4. The molecule has 1 unspecified atom stereocenters. The predicted molar refractivity (Wildman–Crippen MR) is 95.5 cm³/mol. The third kappa shape index (κ3) is 4.56. The number of nitrogens with one attached hydrogen (secondary N) is 1. The van der Waals surface area contributed by atoms with Crippen LogP contribution in [-0.4, -0.2) is 65.8 Å². The summed E-state index contributed by atoms with van der Waals surface area (Å²) in [6.07, 6.45) is 2.99. The second kappa shape index (κ2) is 8.11. The Labute approximate surface area is 145 Å². The number of carbonyl (C=O) groups is 1. The van der Waals surface area contributed by atoms with E-state index in [1.807, 2.05) is 35.0 Å². The summed E-state index contributed by atoms with van der Waals surface area (Å²) in [4.78, 5) is 12.9. The van der Waals surface area contributed by atoms with Crippen LogP contribution in [-0.2, 0) is 11.3 Å². The highest BCUT2D eigenvalue weighted by molar-refractivity contribution is 5.99. The number of hydrogen-bond donors (Lipinski definition) is 3. The fourth-order valence-corrected chi connectivity index (χ4v) is 3.06. The van der Waals surface area contributed by atoms with E-state index in [0.29, 0.717) is 26.3 Å². The lowest BCUT2D eigenvalue weighted by atomic mass is 10.2. The lowest BCUT2D eigenvalue weighted by Crippen LogP contribution is -2.41. The first-order valence-corrected chi connectivity index (χ1v) is 8.28. The van der Waals surface area contributed by atoms with Crippen LogP contribution in [0, 0.1) is 0 Å². The molecule has 2 amide bonds. The van der Waals surface area contributed by atoms with Crippen LogP contribution in [0.5, 0.6) is 0 Å². The van der Waals surface area contributed by atoms with E-state index in [-0.39, 0.29) is 0 Å². The van der Waals surface area contributed by atoms with Crippen LogP contribution in [0.25, 0.3) is 10.9 Å². The summed E-state index contributed by atoms with van der Waals surface area (Å²) in [7, 11) is 0. The smallest absolute Gasteiger partial charge is 0.332 e. The van der Waals surface area contributed by atoms with Gasteiger partial charge < -0.3 is 20.1 Å². The van der Waals surface area contributed by atoms with Gasteiger partial charge in [-0.2, -0.15) is 5.10 Å². The summed E-state index contributed by atoms with van der Waals surface area (Å²) >= 11 is 0. The van der Waals surface area contributed by atoms with Crippen LogP contribution in [0.15, 0.2) is 35.6 Å². The Balaban J connectivity index is 1.74. The molecule has 134 valence electrons. The van der Waals surface area contributed by atoms with Crippen molar-refractivity contribution in [3.8, 4) is 0 Å². The number of amides is 2. The molecule has 1 aliphatic rings. The number of urea groups is 1. The van der Waals surface area contributed by atoms with Crippen molar-refractivity contribution in [1.29, 1.82) is 0 Å². The summed E-state index contributed by atoms with van der Waals surface area (Å²) < 4.78 is 7.34. The third-order valence-electron chi connectivity index (χ3n) is 4.18. The van der Waals surface area contributed by atoms with E-state index in [2.05, 4.69) is 15.4 Å². The number of aliphatic hydroxyl groups excluding tert-OH is 1. The predicted octanol–water partition coefficient (Wildman–Crippen LogP) is 0.337. The molecule has 2 heterocycles. The Bertz CT molecular complexity index is 752. The SMILES string of the molecule is NC(=O)N/N=C/c1cn(CC(O)CN2CCOCC2)c2ccccc12. The van der Waals surface area contributed by atoms with Crippen molar-refractivity contribution in [3.05, 3.63) is 36.0 Å². The van der Waals surface area contributed by atoms with Crippen molar-refractivity contribution in [2.75, 3.05) is 32.8 Å². The number of β-amino-alcohol motifs (C(OH)–C–C–N with tert-alkyl or cyclic N) is 1. The number of para-hydroxylation sites is 1. The molecular weight excluding hydrogens is 322 g/mol. The minimum atomic E-state index is -0.707. The van der Waals surface area contributed by atoms with Gasteiger partial charge in [0.1, 0.15) is 0 Å². The third-order valence-corrected chi connectivity index (χ3v) is 4.18. The van der Waals surface area contributed by atoms with Gasteiger partial charge in [0.2, 0.25) is 0 Å². The van der Waals surface area contributed by atoms with Gasteiger partial charge in [-0.25, -0.2) is 10.2 Å². The normalized spacial score (nSPS) is 17.2. The van der Waals surface area contributed by atoms with E-state index in [0.717, 1.165) is 29.6 Å². The molecule has 1 aliphatic heterocycles. The van der Waals surface area contributed by atoms with Crippen LogP contribution in [0.1, 0.15) is 5.56 Å². The monoisotopic (exact) mass is 345 g/mol. The first-order valence-electron chi connectivity index (χ1n) is 8.28. The molecule has 0 aliphatic carbocycles. The Hall–Kier alpha value is -2.42. The van der Waals surface area contributed by atoms with Crippen molar-refractivity contribution in [3.63, 3.8) is 0 Å². The molecule has 3 rings (SSSR count). The van der Waals surface area contributed by atoms with Crippen LogP contribution in [0.3, 0.4) is 0 Å². The molecule has 0 bridgehead atoms. The lowest BCUT2D eigenvalue weighted by molar-refractivity contribution is 0.0117. The summed E-state index contributed by atoms with van der Waals surface area (Å²) in [5.41, 5.74) is 9.06. The molecule has 4 N–H and O–H groups in total. The van der Waals surface area contributed by atoms with Crippen molar-refractivity contribution in [2.24, 2.45) is 10.8 Å². The second-order valence-corrected chi connectivity index (χ2v) is 6.06. The molecule has 25 heavy (non-hydrogen) atoms. The molecule has 1 aromatic heterocycles. The van der Waals surface area contributed by atoms with Gasteiger partial charge in [-0.15, -0.1) is 0 Å². The van der Waals surface area contributed by atoms with Crippen LogP contribution in [0.2, 0.25) is 0 Å². The fourth-order valence-electron chi connectivity index (χ4n) is 3.06. The maximum Gasteiger partial charge on any atom is 0.332 e. The number of ether oxygens (including phenoxy) is 1. The number of carbonyl (C=O) groups excluding carboxylic acids is 1. The van der Waals surface area contributed by atoms with Crippen molar-refractivity contribution in [2.45, 2.75) is 12.6 Å². The number of primary amides is 1. The maximum absolute atomic E-state index is 10.7. The molecule has 0 spiro atoms. The number of aromatic nitrogens is 1. The van der Waals surface area contributed by atoms with Crippen LogP contribution < -0.4 is 11.2 Å². The number of nitrogens with zero attached hydrogens (tertiary/aromatic N) is 3. The van der Waals surface area contributed by atoms with Crippen LogP contribution in [0.4, 0.5) is 4.79 Å². The molecule has 0 saturated carbocycles. The molecule has 1 atom stereocenters. The van der Waals surface area contributed by atoms with Gasteiger partial charge in [0.05, 0.1) is 25.5 Å². The Kier molecular flexibility index (Phi) is 5.64. The van der Waals surface area contributed by atoms with Crippen LogP contribution >= 0.6 is 0 Å². The maximum atomic E-state index is 10.7. The lowest BCUT2D eigenvalue weighted by Gasteiger charge is -2.28. The standard InChI is InChI=1S/C17H23N5O3/c18-17(24)20-19-9-13-10-22(16-4-2-1-3-15(13)16)12-14(23)11-21-5-7-25-8-6-21/h1-4,9-10,14,23H,5-8,11-12H2,(H3,18,20,24)/b19-9+. The van der Waals surface area contributed by atoms with E-state index in [1.54, 1.807) is 6.21 Å². The van der Waals surface area contributed by atoms with Crippen molar-refractivity contribution in [1.82, 2.24) is 14.9 Å². The number of hydrogen-bond acceptors (Lipinski definition) is 5. The zero-order valence-electron chi connectivity index (χ0n) is 14.0. The Morgan fingerprint density at radius 1 is 1.36 bits per heavy atom. The minimum absolute atomic E-state index is 0.481. The van der Waals surface area contributed by atoms with Gasteiger partial charge >= 0.3 is 6.03 Å². The summed E-state index contributed by atoms with van der Waals surface area (Å²) in [5.74, 6) is 0. The molecule has 2 aromatic rings. The summed E-state index contributed by atoms with van der Waals surface area (Å²) in [5, 5.41) is 15.3. The summed E-state index contributed by atoms with van der Waals surface area (Å²) in [6.45, 7) is 4.22. The van der Waals surface area contributed by atoms with Gasteiger partial charge in [-0.05, 0) is 6.07 Å². The number of fused-ring (bicyclic) bond motifs is 1. The quantitative estimate of drug-likeness (QED) is 0.518. The molecule has 0 radical (unpaired) electrons. The Morgan fingerprint density at radius 2 is 2.12 bits per heavy atom. The number of nitrogens with two attached hydrogens (primary N) is 1. The summed E-state index contributed by atoms with van der Waals surface area (Å²) in [6, 6.07) is 7.16. The first-order chi connectivity index (χ1) is 12.1. The molecule has 1 aromatic carbocycles. The van der Waals surface area contributed by atoms with E-state index in [1.165, 1.54) is 0 Å². The molecule has 1 fully saturated rings. The number of hydrazone groups is 1. The number of aliphatic hydroxyl groups is 1. The van der Waals surface area contributed by atoms with Crippen molar-refractivity contribution < 1.29 is 14.6 Å². The number of morpholine rings is 1. The minimum Gasteiger partial charge on any atom is -0.390 e. The molecular formula is C17H23N5O3. The zero-order valence-corrected chi connectivity index (χ0v) is 14.0. The average molecular weight is 345 g/mol. The topological polar surface area (TPSA) is 105 Å².